The Balaban J connectivity index is 2.36. The summed E-state index contributed by atoms with van der Waals surface area (Å²) in [4.78, 5) is 16.2. The summed E-state index contributed by atoms with van der Waals surface area (Å²) >= 11 is 1.24. The molecule has 0 saturated carbocycles. The van der Waals surface area contributed by atoms with E-state index in [1.807, 2.05) is 39.8 Å². The minimum Gasteiger partial charge on any atom is -0.464 e. The number of ether oxygens (including phenoxy) is 2. The Hall–Kier alpha value is -1.81. The highest BCUT2D eigenvalue weighted by Gasteiger charge is 2.29. The number of thiazole rings is 1. The van der Waals surface area contributed by atoms with Gasteiger partial charge >= 0.3 is 5.97 Å². The predicted octanol–water partition coefficient (Wildman–Crippen LogP) is 3.47. The summed E-state index contributed by atoms with van der Waals surface area (Å²) in [5.41, 5.74) is 2.63. The third-order valence-corrected chi connectivity index (χ3v) is 7.35. The van der Waals surface area contributed by atoms with Crippen LogP contribution in [0.2, 0.25) is 0 Å². The van der Waals surface area contributed by atoms with Gasteiger partial charge in [-0.1, -0.05) is 17.7 Å². The largest absolute Gasteiger partial charge is 0.464 e. The van der Waals surface area contributed by atoms with Crippen molar-refractivity contribution in [2.75, 3.05) is 26.9 Å². The summed E-state index contributed by atoms with van der Waals surface area (Å²) in [6, 6.07) is 3.74. The summed E-state index contributed by atoms with van der Waals surface area (Å²) in [5, 5.41) is 2.11. The molecule has 2 rings (SSSR count). The SMILES string of the molecule is CCOCCCN(Cc1nc(C(=O)OC)cs1)S(=O)(=O)c1c(C)cc(C)cc1C. The zero-order valence-corrected chi connectivity index (χ0v) is 19.2. The van der Waals surface area contributed by atoms with Gasteiger partial charge in [0.2, 0.25) is 10.0 Å². The zero-order valence-electron chi connectivity index (χ0n) is 17.5. The van der Waals surface area contributed by atoms with Crippen LogP contribution in [0.4, 0.5) is 0 Å². The molecule has 0 unspecified atom stereocenters. The number of rotatable bonds is 10. The fourth-order valence-corrected chi connectivity index (χ4v) is 5.92. The van der Waals surface area contributed by atoms with E-state index in [9.17, 15) is 13.2 Å². The maximum Gasteiger partial charge on any atom is 0.357 e. The van der Waals surface area contributed by atoms with Crippen molar-refractivity contribution in [3.63, 3.8) is 0 Å². The number of aryl methyl sites for hydroxylation is 3. The molecule has 0 amide bonds. The summed E-state index contributed by atoms with van der Waals surface area (Å²) < 4.78 is 38.5. The van der Waals surface area contributed by atoms with Gasteiger partial charge < -0.3 is 9.47 Å². The van der Waals surface area contributed by atoms with Crippen LogP contribution in [0.3, 0.4) is 0 Å². The number of benzene rings is 1. The fourth-order valence-electron chi connectivity index (χ4n) is 3.21. The van der Waals surface area contributed by atoms with Crippen LogP contribution in [0.5, 0.6) is 0 Å². The molecular weight excluding hydrogens is 412 g/mol. The van der Waals surface area contributed by atoms with Crippen LogP contribution in [-0.4, -0.2) is 50.5 Å². The van der Waals surface area contributed by atoms with E-state index >= 15 is 0 Å². The van der Waals surface area contributed by atoms with Crippen LogP contribution in [0.1, 0.15) is 45.5 Å². The Morgan fingerprint density at radius 2 is 1.86 bits per heavy atom. The summed E-state index contributed by atoms with van der Waals surface area (Å²) in [5.74, 6) is -0.538. The number of methoxy groups -OCH3 is 1. The molecular formula is C20H28N2O5S2. The summed E-state index contributed by atoms with van der Waals surface area (Å²) in [7, 11) is -2.47. The van der Waals surface area contributed by atoms with E-state index < -0.39 is 16.0 Å². The topological polar surface area (TPSA) is 85.8 Å². The van der Waals surface area contributed by atoms with E-state index in [2.05, 4.69) is 9.72 Å². The molecule has 0 saturated heterocycles. The molecule has 2 aromatic rings. The second-order valence-electron chi connectivity index (χ2n) is 6.73. The van der Waals surface area contributed by atoms with Crippen LogP contribution in [0.25, 0.3) is 0 Å². The van der Waals surface area contributed by atoms with Crippen LogP contribution >= 0.6 is 11.3 Å². The van der Waals surface area contributed by atoms with Gasteiger partial charge in [0.15, 0.2) is 5.69 Å². The van der Waals surface area contributed by atoms with E-state index in [0.717, 1.165) is 5.56 Å². The number of hydrogen-bond donors (Lipinski definition) is 0. The number of sulfonamides is 1. The fraction of sp³-hybridized carbons (Fsp3) is 0.500. The monoisotopic (exact) mass is 440 g/mol. The Morgan fingerprint density at radius 3 is 2.45 bits per heavy atom. The van der Waals surface area contributed by atoms with Crippen molar-refractivity contribution in [1.29, 1.82) is 0 Å². The Kier molecular flexibility index (Phi) is 8.33. The molecule has 29 heavy (non-hydrogen) atoms. The molecule has 0 bridgehead atoms. The quantitative estimate of drug-likeness (QED) is 0.415. The average molecular weight is 441 g/mol. The predicted molar refractivity (Wildman–Crippen MR) is 113 cm³/mol. The second kappa shape index (κ2) is 10.3. The maximum atomic E-state index is 13.5. The highest BCUT2D eigenvalue weighted by atomic mass is 32.2. The molecule has 0 aliphatic rings. The van der Waals surface area contributed by atoms with Crippen molar-refractivity contribution in [3.8, 4) is 0 Å². The maximum absolute atomic E-state index is 13.5. The molecule has 1 heterocycles. The van der Waals surface area contributed by atoms with Gasteiger partial charge in [-0.25, -0.2) is 18.2 Å². The third kappa shape index (κ3) is 5.85. The molecule has 0 atom stereocenters. The van der Waals surface area contributed by atoms with Gasteiger partial charge in [0.25, 0.3) is 0 Å². The molecule has 0 N–H and O–H groups in total. The van der Waals surface area contributed by atoms with Crippen molar-refractivity contribution in [3.05, 3.63) is 44.9 Å². The van der Waals surface area contributed by atoms with Crippen LogP contribution in [-0.2, 0) is 26.0 Å². The molecule has 0 radical (unpaired) electrons. The van der Waals surface area contributed by atoms with Gasteiger partial charge in [0.05, 0.1) is 18.6 Å². The second-order valence-corrected chi connectivity index (χ2v) is 9.55. The van der Waals surface area contributed by atoms with Gasteiger partial charge in [-0.15, -0.1) is 11.3 Å². The molecule has 0 aliphatic heterocycles. The lowest BCUT2D eigenvalue weighted by Gasteiger charge is -2.23. The molecule has 0 spiro atoms. The highest BCUT2D eigenvalue weighted by Crippen LogP contribution is 2.27. The zero-order chi connectivity index (χ0) is 21.6. The number of esters is 1. The molecule has 0 aliphatic carbocycles. The molecule has 0 fully saturated rings. The van der Waals surface area contributed by atoms with Crippen LogP contribution in [0.15, 0.2) is 22.4 Å². The minimum atomic E-state index is -3.75. The van der Waals surface area contributed by atoms with E-state index in [-0.39, 0.29) is 12.2 Å². The number of carbonyl (C=O) groups is 1. The Bertz CT molecular complexity index is 931. The van der Waals surface area contributed by atoms with Gasteiger partial charge in [-0.2, -0.15) is 4.31 Å². The van der Waals surface area contributed by atoms with Gasteiger partial charge in [-0.05, 0) is 45.2 Å². The van der Waals surface area contributed by atoms with Gasteiger partial charge in [-0.3, -0.25) is 0 Å². The summed E-state index contributed by atoms with van der Waals surface area (Å²) in [6.45, 7) is 8.90. The smallest absolute Gasteiger partial charge is 0.357 e. The lowest BCUT2D eigenvalue weighted by molar-refractivity contribution is 0.0594. The van der Waals surface area contributed by atoms with Crippen molar-refractivity contribution >= 4 is 27.3 Å². The Morgan fingerprint density at radius 1 is 1.21 bits per heavy atom. The van der Waals surface area contributed by atoms with E-state index in [1.165, 1.54) is 22.8 Å². The normalized spacial score (nSPS) is 11.8. The number of nitrogens with zero attached hydrogens (tertiary/aromatic N) is 2. The number of carbonyl (C=O) groups excluding carboxylic acids is 1. The highest BCUT2D eigenvalue weighted by molar-refractivity contribution is 7.89. The Labute approximate surface area is 176 Å². The van der Waals surface area contributed by atoms with Crippen LogP contribution in [0, 0.1) is 20.8 Å². The molecule has 1 aromatic carbocycles. The first-order valence-corrected chi connectivity index (χ1v) is 11.7. The molecule has 7 nitrogen and oxygen atoms in total. The average Bonchev–Trinajstić information content (AvgIpc) is 3.11. The van der Waals surface area contributed by atoms with Crippen LogP contribution < -0.4 is 0 Å². The third-order valence-electron chi connectivity index (χ3n) is 4.36. The first kappa shape index (κ1) is 23.5. The lowest BCUT2D eigenvalue weighted by Crippen LogP contribution is -2.33. The number of aromatic nitrogens is 1. The lowest BCUT2D eigenvalue weighted by atomic mass is 10.1. The first-order chi connectivity index (χ1) is 13.7. The van der Waals surface area contributed by atoms with Crippen molar-refractivity contribution < 1.29 is 22.7 Å². The first-order valence-electron chi connectivity index (χ1n) is 9.39. The van der Waals surface area contributed by atoms with Crippen molar-refractivity contribution in [1.82, 2.24) is 9.29 Å². The van der Waals surface area contributed by atoms with E-state index in [0.29, 0.717) is 47.2 Å². The number of hydrogen-bond acceptors (Lipinski definition) is 7. The van der Waals surface area contributed by atoms with E-state index in [4.69, 9.17) is 4.74 Å². The van der Waals surface area contributed by atoms with Crippen molar-refractivity contribution in [2.24, 2.45) is 0 Å². The van der Waals surface area contributed by atoms with Gasteiger partial charge in [0.1, 0.15) is 5.01 Å². The van der Waals surface area contributed by atoms with E-state index in [1.54, 1.807) is 5.38 Å². The minimum absolute atomic E-state index is 0.0862. The standard InChI is InChI=1S/C20H28N2O5S2/c1-6-27-9-7-8-22(12-18-21-17(13-28-18)20(23)26-5)29(24,25)19-15(3)10-14(2)11-16(19)4/h10-11,13H,6-9,12H2,1-5H3. The summed E-state index contributed by atoms with van der Waals surface area (Å²) in [6.07, 6.45) is 0.562. The molecule has 160 valence electrons. The molecule has 9 heteroatoms. The molecule has 1 aromatic heterocycles. The van der Waals surface area contributed by atoms with Gasteiger partial charge in [0, 0.05) is 25.1 Å². The van der Waals surface area contributed by atoms with Crippen molar-refractivity contribution in [2.45, 2.75) is 45.6 Å².